The van der Waals surface area contributed by atoms with E-state index in [4.69, 9.17) is 19.3 Å². The van der Waals surface area contributed by atoms with Crippen molar-refractivity contribution in [3.8, 4) is 11.5 Å². The molecule has 7 heteroatoms. The molecule has 0 aliphatic heterocycles. The standard InChI is InChI=1S/C24H31NO6/c1-25(2)16-20(31-23(28)15-14-22(26)27)17-30-24-19(10-7-11-21(24)29-3)13-12-18-8-5-4-6-9-18/h4-11,20H,12-17H2,1-3H3,(H,26,27). The van der Waals surface area contributed by atoms with Gasteiger partial charge in [0.2, 0.25) is 0 Å². The third kappa shape index (κ3) is 8.68. The zero-order chi connectivity index (χ0) is 22.6. The van der Waals surface area contributed by atoms with Crippen molar-refractivity contribution < 1.29 is 28.9 Å². The number of carboxylic acids is 1. The molecule has 0 saturated heterocycles. The van der Waals surface area contributed by atoms with E-state index >= 15 is 0 Å². The zero-order valence-electron chi connectivity index (χ0n) is 18.4. The molecule has 7 nitrogen and oxygen atoms in total. The number of para-hydroxylation sites is 1. The first kappa shape index (κ1) is 24.2. The maximum Gasteiger partial charge on any atom is 0.306 e. The Kier molecular flexibility index (Phi) is 9.84. The number of carbonyl (C=O) groups excluding carboxylic acids is 1. The van der Waals surface area contributed by atoms with E-state index in [-0.39, 0.29) is 19.4 Å². The fraction of sp³-hybridized carbons (Fsp3) is 0.417. The highest BCUT2D eigenvalue weighted by Crippen LogP contribution is 2.32. The summed E-state index contributed by atoms with van der Waals surface area (Å²) in [4.78, 5) is 24.6. The summed E-state index contributed by atoms with van der Waals surface area (Å²) in [6.45, 7) is 0.586. The van der Waals surface area contributed by atoms with Gasteiger partial charge in [-0.3, -0.25) is 9.59 Å². The Bertz CT molecular complexity index is 837. The molecule has 2 rings (SSSR count). The van der Waals surface area contributed by atoms with Gasteiger partial charge in [-0.2, -0.15) is 0 Å². The number of benzene rings is 2. The van der Waals surface area contributed by atoms with E-state index in [9.17, 15) is 9.59 Å². The van der Waals surface area contributed by atoms with Crippen LogP contribution in [0.4, 0.5) is 0 Å². The van der Waals surface area contributed by atoms with Gasteiger partial charge in [-0.25, -0.2) is 0 Å². The van der Waals surface area contributed by atoms with Crippen molar-refractivity contribution in [2.45, 2.75) is 31.8 Å². The Labute approximate surface area is 183 Å². The Hall–Kier alpha value is -3.06. The van der Waals surface area contributed by atoms with Gasteiger partial charge >= 0.3 is 11.9 Å². The minimum absolute atomic E-state index is 0.135. The minimum Gasteiger partial charge on any atom is -0.493 e. The van der Waals surface area contributed by atoms with Crippen molar-refractivity contribution in [1.29, 1.82) is 0 Å². The lowest BCUT2D eigenvalue weighted by Gasteiger charge is -2.23. The quantitative estimate of drug-likeness (QED) is 0.490. The second-order valence-electron chi connectivity index (χ2n) is 7.51. The number of carbonyl (C=O) groups is 2. The zero-order valence-corrected chi connectivity index (χ0v) is 18.4. The highest BCUT2D eigenvalue weighted by molar-refractivity contribution is 5.76. The van der Waals surface area contributed by atoms with Crippen LogP contribution in [-0.4, -0.2) is 62.4 Å². The van der Waals surface area contributed by atoms with E-state index in [1.807, 2.05) is 55.4 Å². The summed E-state index contributed by atoms with van der Waals surface area (Å²) in [5, 5.41) is 8.76. The topological polar surface area (TPSA) is 85.3 Å². The van der Waals surface area contributed by atoms with Crippen molar-refractivity contribution in [3.05, 3.63) is 59.7 Å². The lowest BCUT2D eigenvalue weighted by atomic mass is 10.0. The van der Waals surface area contributed by atoms with E-state index in [0.717, 1.165) is 18.4 Å². The van der Waals surface area contributed by atoms with Crippen LogP contribution in [-0.2, 0) is 27.2 Å². The first-order valence-corrected chi connectivity index (χ1v) is 10.3. The predicted molar refractivity (Wildman–Crippen MR) is 118 cm³/mol. The molecule has 0 radical (unpaired) electrons. The van der Waals surface area contributed by atoms with E-state index in [0.29, 0.717) is 18.0 Å². The maximum atomic E-state index is 12.0. The molecule has 0 aliphatic rings. The number of likely N-dealkylation sites (N-methyl/N-ethyl adjacent to an activating group) is 1. The number of nitrogens with zero attached hydrogens (tertiary/aromatic N) is 1. The number of hydrogen-bond acceptors (Lipinski definition) is 6. The fourth-order valence-corrected chi connectivity index (χ4v) is 3.17. The largest absolute Gasteiger partial charge is 0.493 e. The number of hydrogen-bond donors (Lipinski definition) is 1. The highest BCUT2D eigenvalue weighted by atomic mass is 16.6. The SMILES string of the molecule is COc1cccc(CCc2ccccc2)c1OCC(CN(C)C)OC(=O)CCC(=O)O. The first-order valence-electron chi connectivity index (χ1n) is 10.3. The monoisotopic (exact) mass is 429 g/mol. The molecule has 0 saturated carbocycles. The van der Waals surface area contributed by atoms with Crippen LogP contribution in [0.1, 0.15) is 24.0 Å². The van der Waals surface area contributed by atoms with Crippen molar-refractivity contribution >= 4 is 11.9 Å². The second kappa shape index (κ2) is 12.6. The molecule has 2 aromatic rings. The van der Waals surface area contributed by atoms with Crippen LogP contribution in [0.3, 0.4) is 0 Å². The van der Waals surface area contributed by atoms with Gasteiger partial charge in [-0.15, -0.1) is 0 Å². The Morgan fingerprint density at radius 1 is 1.00 bits per heavy atom. The van der Waals surface area contributed by atoms with Crippen molar-refractivity contribution in [2.75, 3.05) is 34.4 Å². The summed E-state index contributed by atoms with van der Waals surface area (Å²) in [7, 11) is 5.32. The van der Waals surface area contributed by atoms with Crippen LogP contribution >= 0.6 is 0 Å². The minimum atomic E-state index is -1.03. The number of rotatable bonds is 13. The molecule has 168 valence electrons. The molecule has 31 heavy (non-hydrogen) atoms. The van der Waals surface area contributed by atoms with Crippen molar-refractivity contribution in [1.82, 2.24) is 4.90 Å². The van der Waals surface area contributed by atoms with Gasteiger partial charge in [-0.05, 0) is 44.1 Å². The molecule has 0 aliphatic carbocycles. The molecule has 1 atom stereocenters. The molecule has 2 aromatic carbocycles. The smallest absolute Gasteiger partial charge is 0.306 e. The van der Waals surface area contributed by atoms with E-state index in [2.05, 4.69) is 12.1 Å². The third-order valence-electron chi connectivity index (χ3n) is 4.63. The highest BCUT2D eigenvalue weighted by Gasteiger charge is 2.19. The molecule has 0 amide bonds. The van der Waals surface area contributed by atoms with Crippen molar-refractivity contribution in [3.63, 3.8) is 0 Å². The Morgan fingerprint density at radius 3 is 2.39 bits per heavy atom. The van der Waals surface area contributed by atoms with Gasteiger partial charge in [0.05, 0.1) is 20.0 Å². The predicted octanol–water partition coefficient (Wildman–Crippen LogP) is 3.20. The van der Waals surface area contributed by atoms with Crippen LogP contribution in [0.15, 0.2) is 48.5 Å². The fourth-order valence-electron chi connectivity index (χ4n) is 3.17. The average Bonchev–Trinajstić information content (AvgIpc) is 2.75. The van der Waals surface area contributed by atoms with Crippen LogP contribution in [0, 0.1) is 0 Å². The van der Waals surface area contributed by atoms with E-state index in [1.165, 1.54) is 5.56 Å². The molecule has 1 N–H and O–H groups in total. The molecule has 0 heterocycles. The number of esters is 1. The summed E-state index contributed by atoms with van der Waals surface area (Å²) in [5.74, 6) is -0.339. The molecular formula is C24H31NO6. The number of aliphatic carboxylic acids is 1. The van der Waals surface area contributed by atoms with Gasteiger partial charge in [0, 0.05) is 6.54 Å². The Balaban J connectivity index is 2.08. The summed E-state index contributed by atoms with van der Waals surface area (Å²) in [6.07, 6.45) is 0.659. The summed E-state index contributed by atoms with van der Waals surface area (Å²) >= 11 is 0. The van der Waals surface area contributed by atoms with Crippen LogP contribution < -0.4 is 9.47 Å². The summed E-state index contributed by atoms with van der Waals surface area (Å²) in [6, 6.07) is 16.0. The molecule has 0 aromatic heterocycles. The third-order valence-corrected chi connectivity index (χ3v) is 4.63. The lowest BCUT2D eigenvalue weighted by Crippen LogP contribution is -2.35. The van der Waals surface area contributed by atoms with Crippen LogP contribution in [0.2, 0.25) is 0 Å². The van der Waals surface area contributed by atoms with Gasteiger partial charge in [-0.1, -0.05) is 42.5 Å². The number of ether oxygens (including phenoxy) is 3. The molecular weight excluding hydrogens is 398 g/mol. The van der Waals surface area contributed by atoms with Crippen LogP contribution in [0.5, 0.6) is 11.5 Å². The van der Waals surface area contributed by atoms with Crippen molar-refractivity contribution in [2.24, 2.45) is 0 Å². The molecule has 0 fully saturated rings. The van der Waals surface area contributed by atoms with Gasteiger partial charge in [0.1, 0.15) is 12.7 Å². The average molecular weight is 430 g/mol. The second-order valence-corrected chi connectivity index (χ2v) is 7.51. The first-order chi connectivity index (χ1) is 14.9. The normalized spacial score (nSPS) is 11.7. The maximum absolute atomic E-state index is 12.0. The number of methoxy groups -OCH3 is 1. The molecule has 0 bridgehead atoms. The summed E-state index contributed by atoms with van der Waals surface area (Å²) in [5.41, 5.74) is 2.23. The number of aryl methyl sites for hydroxylation is 2. The van der Waals surface area contributed by atoms with E-state index < -0.39 is 18.0 Å². The van der Waals surface area contributed by atoms with Gasteiger partial charge in [0.25, 0.3) is 0 Å². The van der Waals surface area contributed by atoms with E-state index in [1.54, 1.807) is 7.11 Å². The lowest BCUT2D eigenvalue weighted by molar-refractivity contribution is -0.153. The van der Waals surface area contributed by atoms with Gasteiger partial charge in [0.15, 0.2) is 11.5 Å². The summed E-state index contributed by atoms with van der Waals surface area (Å²) < 4.78 is 17.0. The molecule has 1 unspecified atom stereocenters. The Morgan fingerprint density at radius 2 is 1.74 bits per heavy atom. The van der Waals surface area contributed by atoms with Crippen LogP contribution in [0.25, 0.3) is 0 Å². The molecule has 0 spiro atoms. The number of carboxylic acid groups (broad SMARTS) is 1. The van der Waals surface area contributed by atoms with Gasteiger partial charge < -0.3 is 24.2 Å².